The molecule has 114 valence electrons. The van der Waals surface area contributed by atoms with Gasteiger partial charge in [-0.2, -0.15) is 11.8 Å². The van der Waals surface area contributed by atoms with Crippen LogP contribution in [0.15, 0.2) is 24.3 Å². The first kappa shape index (κ1) is 14.9. The van der Waals surface area contributed by atoms with Crippen molar-refractivity contribution in [2.45, 2.75) is 37.7 Å². The largest absolute Gasteiger partial charge is 0.388 e. The molecule has 0 bridgehead atoms. The molecule has 1 aromatic carbocycles. The predicted molar refractivity (Wildman–Crippen MR) is 86.5 cm³/mol. The zero-order valence-corrected chi connectivity index (χ0v) is 13.3. The van der Waals surface area contributed by atoms with Crippen molar-refractivity contribution >= 4 is 17.7 Å². The molecule has 4 heteroatoms. The SMILES string of the molecule is Cc1ccccc1C1CC1C(=O)NCC1(O)CCSCC1. The van der Waals surface area contributed by atoms with E-state index in [9.17, 15) is 9.90 Å². The fourth-order valence-corrected chi connectivity index (χ4v) is 4.39. The van der Waals surface area contributed by atoms with Crippen LogP contribution in [0.3, 0.4) is 0 Å². The van der Waals surface area contributed by atoms with Gasteiger partial charge in [0.15, 0.2) is 0 Å². The predicted octanol–water partition coefficient (Wildman–Crippen LogP) is 2.47. The summed E-state index contributed by atoms with van der Waals surface area (Å²) >= 11 is 1.88. The average molecular weight is 305 g/mol. The molecule has 2 fully saturated rings. The maximum Gasteiger partial charge on any atom is 0.223 e. The van der Waals surface area contributed by atoms with Crippen molar-refractivity contribution in [3.8, 4) is 0 Å². The molecule has 1 aliphatic heterocycles. The number of amides is 1. The van der Waals surface area contributed by atoms with Crippen LogP contribution in [-0.2, 0) is 4.79 Å². The monoisotopic (exact) mass is 305 g/mol. The highest BCUT2D eigenvalue weighted by atomic mass is 32.2. The molecule has 2 unspecified atom stereocenters. The molecule has 1 heterocycles. The molecular formula is C17H23NO2S. The van der Waals surface area contributed by atoms with Crippen molar-refractivity contribution in [3.63, 3.8) is 0 Å². The zero-order valence-electron chi connectivity index (χ0n) is 12.5. The lowest BCUT2D eigenvalue weighted by molar-refractivity contribution is -0.123. The first-order chi connectivity index (χ1) is 10.1. The molecule has 2 atom stereocenters. The van der Waals surface area contributed by atoms with Crippen molar-refractivity contribution < 1.29 is 9.90 Å². The van der Waals surface area contributed by atoms with Crippen LogP contribution in [0.2, 0.25) is 0 Å². The van der Waals surface area contributed by atoms with Crippen LogP contribution >= 0.6 is 11.8 Å². The minimum absolute atomic E-state index is 0.0904. The third-order valence-electron chi connectivity index (χ3n) is 4.73. The number of thioether (sulfide) groups is 1. The maximum atomic E-state index is 12.3. The van der Waals surface area contributed by atoms with Gasteiger partial charge in [-0.05, 0) is 54.7 Å². The second-order valence-electron chi connectivity index (χ2n) is 6.36. The van der Waals surface area contributed by atoms with Crippen LogP contribution in [0.1, 0.15) is 36.3 Å². The van der Waals surface area contributed by atoms with Crippen LogP contribution in [0.5, 0.6) is 0 Å². The summed E-state index contributed by atoms with van der Waals surface area (Å²) in [6.45, 7) is 2.51. The van der Waals surface area contributed by atoms with Gasteiger partial charge >= 0.3 is 0 Å². The third-order valence-corrected chi connectivity index (χ3v) is 5.72. The number of carbonyl (C=O) groups excluding carboxylic acids is 1. The van der Waals surface area contributed by atoms with Crippen molar-refractivity contribution in [2.24, 2.45) is 5.92 Å². The molecule has 2 N–H and O–H groups in total. The molecule has 3 rings (SSSR count). The summed E-state index contributed by atoms with van der Waals surface area (Å²) in [7, 11) is 0. The van der Waals surface area contributed by atoms with E-state index >= 15 is 0 Å². The Labute approximate surface area is 130 Å². The molecule has 3 nitrogen and oxygen atoms in total. The van der Waals surface area contributed by atoms with Crippen LogP contribution < -0.4 is 5.32 Å². The highest BCUT2D eigenvalue weighted by Crippen LogP contribution is 2.48. The van der Waals surface area contributed by atoms with Crippen LogP contribution in [0.25, 0.3) is 0 Å². The number of nitrogens with one attached hydrogen (secondary N) is 1. The van der Waals surface area contributed by atoms with Crippen LogP contribution in [0.4, 0.5) is 0 Å². The molecule has 0 radical (unpaired) electrons. The smallest absolute Gasteiger partial charge is 0.223 e. The maximum absolute atomic E-state index is 12.3. The highest BCUT2D eigenvalue weighted by molar-refractivity contribution is 7.99. The van der Waals surface area contributed by atoms with E-state index in [0.29, 0.717) is 12.5 Å². The average Bonchev–Trinajstić information content (AvgIpc) is 3.27. The van der Waals surface area contributed by atoms with Crippen molar-refractivity contribution in [1.82, 2.24) is 5.32 Å². The van der Waals surface area contributed by atoms with E-state index in [1.807, 2.05) is 23.9 Å². The van der Waals surface area contributed by atoms with Gasteiger partial charge in [-0.15, -0.1) is 0 Å². The number of rotatable bonds is 4. The Bertz CT molecular complexity index is 525. The van der Waals surface area contributed by atoms with Crippen molar-refractivity contribution in [3.05, 3.63) is 35.4 Å². The van der Waals surface area contributed by atoms with E-state index in [2.05, 4.69) is 24.4 Å². The standard InChI is InChI=1S/C17H23NO2S/c1-12-4-2-3-5-13(12)14-10-15(14)16(19)18-11-17(20)6-8-21-9-7-17/h2-5,14-15,20H,6-11H2,1H3,(H,18,19). The lowest BCUT2D eigenvalue weighted by Gasteiger charge is -2.31. The number of hydrogen-bond acceptors (Lipinski definition) is 3. The van der Waals surface area contributed by atoms with Gasteiger partial charge in [-0.25, -0.2) is 0 Å². The van der Waals surface area contributed by atoms with Crippen molar-refractivity contribution in [2.75, 3.05) is 18.1 Å². The lowest BCUT2D eigenvalue weighted by atomic mass is 9.96. The highest BCUT2D eigenvalue weighted by Gasteiger charge is 2.45. The van der Waals surface area contributed by atoms with E-state index < -0.39 is 5.60 Å². The molecule has 21 heavy (non-hydrogen) atoms. The topological polar surface area (TPSA) is 49.3 Å². The molecule has 1 saturated carbocycles. The lowest BCUT2D eigenvalue weighted by Crippen LogP contribution is -2.45. The Balaban J connectivity index is 1.53. The zero-order chi connectivity index (χ0) is 14.9. The van der Waals surface area contributed by atoms with Gasteiger partial charge < -0.3 is 10.4 Å². The summed E-state index contributed by atoms with van der Waals surface area (Å²) in [5.41, 5.74) is 1.87. The second-order valence-corrected chi connectivity index (χ2v) is 7.58. The summed E-state index contributed by atoms with van der Waals surface area (Å²) in [6, 6.07) is 8.30. The molecule has 1 amide bonds. The van der Waals surface area contributed by atoms with Gasteiger partial charge in [0.05, 0.1) is 5.60 Å². The van der Waals surface area contributed by atoms with Crippen LogP contribution in [0, 0.1) is 12.8 Å². The fourth-order valence-electron chi connectivity index (χ4n) is 3.14. The summed E-state index contributed by atoms with van der Waals surface area (Å²) in [4.78, 5) is 12.3. The molecule has 2 aliphatic rings. The van der Waals surface area contributed by atoms with Crippen LogP contribution in [-0.4, -0.2) is 34.7 Å². The Morgan fingerprint density at radius 3 is 2.81 bits per heavy atom. The quantitative estimate of drug-likeness (QED) is 0.898. The number of benzene rings is 1. The van der Waals surface area contributed by atoms with Gasteiger partial charge in [0, 0.05) is 12.5 Å². The van der Waals surface area contributed by atoms with Gasteiger partial charge in [-0.1, -0.05) is 24.3 Å². The first-order valence-electron chi connectivity index (χ1n) is 7.72. The molecular weight excluding hydrogens is 282 g/mol. The van der Waals surface area contributed by atoms with Gasteiger partial charge in [0.25, 0.3) is 0 Å². The summed E-state index contributed by atoms with van der Waals surface area (Å²) in [5.74, 6) is 2.54. The third kappa shape index (κ3) is 3.43. The number of aliphatic hydroxyl groups is 1. The van der Waals surface area contributed by atoms with Crippen molar-refractivity contribution in [1.29, 1.82) is 0 Å². The molecule has 1 saturated heterocycles. The molecule has 0 aromatic heterocycles. The van der Waals surface area contributed by atoms with E-state index in [0.717, 1.165) is 30.8 Å². The van der Waals surface area contributed by atoms with Gasteiger partial charge in [0.1, 0.15) is 0 Å². The number of hydrogen-bond donors (Lipinski definition) is 2. The Hall–Kier alpha value is -1.00. The first-order valence-corrected chi connectivity index (χ1v) is 8.88. The van der Waals surface area contributed by atoms with E-state index in [-0.39, 0.29) is 11.8 Å². The summed E-state index contributed by atoms with van der Waals surface area (Å²) in [6.07, 6.45) is 2.50. The van der Waals surface area contributed by atoms with Gasteiger partial charge in [-0.3, -0.25) is 4.79 Å². The second kappa shape index (κ2) is 6.01. The molecule has 1 aliphatic carbocycles. The minimum Gasteiger partial charge on any atom is -0.388 e. The summed E-state index contributed by atoms with van der Waals surface area (Å²) < 4.78 is 0. The molecule has 1 aromatic rings. The van der Waals surface area contributed by atoms with E-state index in [1.54, 1.807) is 0 Å². The number of aryl methyl sites for hydroxylation is 1. The Kier molecular flexibility index (Phi) is 4.27. The fraction of sp³-hybridized carbons (Fsp3) is 0.588. The Morgan fingerprint density at radius 1 is 1.38 bits per heavy atom. The Morgan fingerprint density at radius 2 is 2.10 bits per heavy atom. The normalized spacial score (nSPS) is 27.1. The van der Waals surface area contributed by atoms with E-state index in [4.69, 9.17) is 0 Å². The number of carbonyl (C=O) groups is 1. The minimum atomic E-state index is -0.687. The van der Waals surface area contributed by atoms with E-state index in [1.165, 1.54) is 11.1 Å². The summed E-state index contributed by atoms with van der Waals surface area (Å²) in [5, 5.41) is 13.4. The molecule has 0 spiro atoms. The van der Waals surface area contributed by atoms with Gasteiger partial charge in [0.2, 0.25) is 5.91 Å².